The van der Waals surface area contributed by atoms with Crippen molar-refractivity contribution in [3.05, 3.63) is 24.3 Å². The van der Waals surface area contributed by atoms with Crippen LogP contribution >= 0.6 is 0 Å². The normalized spacial score (nSPS) is 10.6. The van der Waals surface area contributed by atoms with Crippen LogP contribution < -0.4 is 10.2 Å². The minimum atomic E-state index is -0.848. The molecule has 0 bridgehead atoms. The molecule has 10 nitrogen and oxygen atoms in total. The molecule has 0 fully saturated rings. The van der Waals surface area contributed by atoms with E-state index in [-0.39, 0.29) is 24.1 Å². The molecule has 0 aliphatic heterocycles. The number of nitrogens with one attached hydrogen (secondary N) is 1. The second kappa shape index (κ2) is 8.70. The summed E-state index contributed by atoms with van der Waals surface area (Å²) in [6.07, 6.45) is 2.14. The molecule has 10 heteroatoms. The number of hydrogen-bond acceptors (Lipinski definition) is 7. The van der Waals surface area contributed by atoms with Crippen LogP contribution in [0, 0.1) is 0 Å². The van der Waals surface area contributed by atoms with Crippen LogP contribution in [0.1, 0.15) is 25.7 Å². The molecule has 0 spiro atoms. The topological polar surface area (TPSA) is 146 Å². The van der Waals surface area contributed by atoms with Gasteiger partial charge in [-0.05, 0) is 12.8 Å². The van der Waals surface area contributed by atoms with Gasteiger partial charge in [0.15, 0.2) is 11.8 Å². The summed E-state index contributed by atoms with van der Waals surface area (Å²) >= 11 is 0. The molecule has 0 saturated heterocycles. The number of carbonyl (C=O) groups excluding carboxylic acids is 2. The fourth-order valence-corrected chi connectivity index (χ4v) is 2.30. The number of nitrogens with zero attached hydrogens (tertiary/aromatic N) is 2. The summed E-state index contributed by atoms with van der Waals surface area (Å²) in [5, 5.41) is 40.0. The first-order chi connectivity index (χ1) is 12.4. The van der Waals surface area contributed by atoms with E-state index < -0.39 is 24.3 Å². The van der Waals surface area contributed by atoms with Crippen molar-refractivity contribution < 1.29 is 34.9 Å². The second-order valence-electron chi connectivity index (χ2n) is 5.60. The van der Waals surface area contributed by atoms with Crippen molar-refractivity contribution in [3.63, 3.8) is 0 Å². The second-order valence-corrected chi connectivity index (χ2v) is 5.60. The molecule has 0 aliphatic carbocycles. The Bertz CT molecular complexity index is 727. The molecule has 142 valence electrons. The fourth-order valence-electron chi connectivity index (χ4n) is 2.30. The number of carbonyl (C=O) groups is 2. The van der Waals surface area contributed by atoms with Gasteiger partial charge in [-0.3, -0.25) is 9.36 Å². The van der Waals surface area contributed by atoms with E-state index in [1.54, 1.807) is 0 Å². The Kier molecular flexibility index (Phi) is 6.36. The van der Waals surface area contributed by atoms with E-state index >= 15 is 0 Å². The monoisotopic (exact) mass is 367 g/mol. The van der Waals surface area contributed by atoms with Gasteiger partial charge in [-0.2, -0.15) is 0 Å². The lowest BCUT2D eigenvalue weighted by Gasteiger charge is -2.08. The molecule has 26 heavy (non-hydrogen) atoms. The number of amides is 1. The molecule has 1 amide bonds. The number of rotatable bonds is 9. The van der Waals surface area contributed by atoms with E-state index in [0.717, 1.165) is 12.1 Å². The van der Waals surface area contributed by atoms with Crippen molar-refractivity contribution in [2.45, 2.75) is 32.2 Å². The van der Waals surface area contributed by atoms with E-state index in [2.05, 4.69) is 10.2 Å². The molecule has 0 aromatic carbocycles. The molecule has 0 aliphatic rings. The van der Waals surface area contributed by atoms with Crippen LogP contribution in [-0.2, 0) is 16.1 Å². The Morgan fingerprint density at radius 1 is 0.885 bits per heavy atom. The summed E-state index contributed by atoms with van der Waals surface area (Å²) in [5.74, 6) is -2.10. The van der Waals surface area contributed by atoms with Crippen LogP contribution in [0.25, 0.3) is 0 Å². The van der Waals surface area contributed by atoms with E-state index in [0.29, 0.717) is 30.5 Å². The SMILES string of the molecule is O=C(CCCCCn1c(O)ccc1O)NCC(=O)On1c(O)ccc1O. The zero-order chi connectivity index (χ0) is 19.1. The predicted octanol–water partition coefficient (Wildman–Crippen LogP) is 0.444. The van der Waals surface area contributed by atoms with Crippen molar-refractivity contribution in [2.24, 2.45) is 0 Å². The Balaban J connectivity index is 1.59. The highest BCUT2D eigenvalue weighted by molar-refractivity contribution is 5.81. The zero-order valence-electron chi connectivity index (χ0n) is 14.0. The van der Waals surface area contributed by atoms with Gasteiger partial charge in [0, 0.05) is 37.2 Å². The van der Waals surface area contributed by atoms with Crippen LogP contribution in [0.2, 0.25) is 0 Å². The molecule has 2 aromatic rings. The Morgan fingerprint density at radius 2 is 1.46 bits per heavy atom. The summed E-state index contributed by atoms with van der Waals surface area (Å²) in [4.78, 5) is 27.9. The van der Waals surface area contributed by atoms with Gasteiger partial charge in [0.2, 0.25) is 17.7 Å². The molecule has 2 rings (SSSR count). The van der Waals surface area contributed by atoms with Crippen LogP contribution in [-0.4, -0.2) is 48.1 Å². The zero-order valence-corrected chi connectivity index (χ0v) is 14.0. The summed E-state index contributed by atoms with van der Waals surface area (Å²) in [5.41, 5.74) is 0. The molecule has 0 radical (unpaired) electrons. The highest BCUT2D eigenvalue weighted by Crippen LogP contribution is 2.21. The molecule has 0 unspecified atom stereocenters. The van der Waals surface area contributed by atoms with Crippen LogP contribution in [0.4, 0.5) is 0 Å². The third kappa shape index (κ3) is 5.10. The van der Waals surface area contributed by atoms with Gasteiger partial charge in [0.25, 0.3) is 0 Å². The summed E-state index contributed by atoms with van der Waals surface area (Å²) in [6, 6.07) is 5.09. The largest absolute Gasteiger partial charge is 0.494 e. The lowest BCUT2D eigenvalue weighted by atomic mass is 10.2. The average molecular weight is 367 g/mol. The van der Waals surface area contributed by atoms with Crippen molar-refractivity contribution in [2.75, 3.05) is 6.54 Å². The third-order valence-corrected chi connectivity index (χ3v) is 3.64. The minimum Gasteiger partial charge on any atom is -0.494 e. The number of aromatic nitrogens is 2. The predicted molar refractivity (Wildman–Crippen MR) is 88.6 cm³/mol. The van der Waals surface area contributed by atoms with Gasteiger partial charge >= 0.3 is 5.97 Å². The molecule has 2 aromatic heterocycles. The first kappa shape index (κ1) is 19.0. The van der Waals surface area contributed by atoms with Gasteiger partial charge in [0.05, 0.1) is 0 Å². The van der Waals surface area contributed by atoms with Gasteiger partial charge in [-0.25, -0.2) is 4.79 Å². The minimum absolute atomic E-state index is 0.0153. The smallest absolute Gasteiger partial charge is 0.352 e. The molecular formula is C16H21N3O7. The molecular weight excluding hydrogens is 346 g/mol. The summed E-state index contributed by atoms with van der Waals surface area (Å²) in [7, 11) is 0. The van der Waals surface area contributed by atoms with Gasteiger partial charge < -0.3 is 30.6 Å². The Labute approximate surface area is 148 Å². The van der Waals surface area contributed by atoms with Crippen molar-refractivity contribution >= 4 is 11.9 Å². The standard InChI is InChI=1S/C16H21N3O7/c20-11(4-2-1-3-9-18-12(21)5-6-13(18)22)17-10-16(25)26-19-14(23)7-8-15(19)24/h5-8,21-24H,1-4,9-10H2,(H,17,20). The lowest BCUT2D eigenvalue weighted by molar-refractivity contribution is -0.145. The maximum Gasteiger partial charge on any atom is 0.352 e. The highest BCUT2D eigenvalue weighted by Gasteiger charge is 2.13. The third-order valence-electron chi connectivity index (χ3n) is 3.64. The lowest BCUT2D eigenvalue weighted by Crippen LogP contribution is -2.34. The van der Waals surface area contributed by atoms with E-state index in [4.69, 9.17) is 0 Å². The average Bonchev–Trinajstić information content (AvgIpc) is 3.09. The first-order valence-corrected chi connectivity index (χ1v) is 8.03. The van der Waals surface area contributed by atoms with Crippen molar-refractivity contribution in [1.29, 1.82) is 0 Å². The van der Waals surface area contributed by atoms with Crippen molar-refractivity contribution in [3.8, 4) is 23.5 Å². The van der Waals surface area contributed by atoms with Crippen LogP contribution in [0.15, 0.2) is 24.3 Å². The van der Waals surface area contributed by atoms with E-state index in [9.17, 15) is 30.0 Å². The van der Waals surface area contributed by atoms with Crippen LogP contribution in [0.5, 0.6) is 23.5 Å². The highest BCUT2D eigenvalue weighted by atomic mass is 16.7. The number of hydrogen-bond donors (Lipinski definition) is 5. The molecule has 2 heterocycles. The number of unbranched alkanes of at least 4 members (excludes halogenated alkanes) is 2. The molecule has 0 saturated carbocycles. The molecule has 0 atom stereocenters. The molecule has 5 N–H and O–H groups in total. The Morgan fingerprint density at radius 3 is 2.08 bits per heavy atom. The first-order valence-electron chi connectivity index (χ1n) is 8.03. The van der Waals surface area contributed by atoms with Gasteiger partial charge in [0.1, 0.15) is 6.54 Å². The quantitative estimate of drug-likeness (QED) is 0.404. The summed E-state index contributed by atoms with van der Waals surface area (Å²) < 4.78 is 1.91. The van der Waals surface area contributed by atoms with Crippen LogP contribution in [0.3, 0.4) is 0 Å². The van der Waals surface area contributed by atoms with E-state index in [1.165, 1.54) is 16.7 Å². The van der Waals surface area contributed by atoms with Gasteiger partial charge in [-0.1, -0.05) is 6.42 Å². The Hall–Kier alpha value is -3.30. The number of aromatic hydroxyl groups is 4. The maximum atomic E-state index is 11.7. The van der Waals surface area contributed by atoms with Crippen molar-refractivity contribution in [1.82, 2.24) is 14.6 Å². The summed E-state index contributed by atoms with van der Waals surface area (Å²) in [6.45, 7) is 0.0312. The van der Waals surface area contributed by atoms with Gasteiger partial charge in [-0.15, -0.1) is 4.73 Å². The fraction of sp³-hybridized carbons (Fsp3) is 0.375. The van der Waals surface area contributed by atoms with E-state index in [1.807, 2.05) is 0 Å². The maximum absolute atomic E-state index is 11.7.